The molecule has 0 fully saturated rings. The highest BCUT2D eigenvalue weighted by molar-refractivity contribution is 8.00. The summed E-state index contributed by atoms with van der Waals surface area (Å²) >= 11 is 1.48. The van der Waals surface area contributed by atoms with Crippen molar-refractivity contribution in [1.29, 1.82) is 0 Å². The average Bonchev–Trinajstić information content (AvgIpc) is 2.89. The summed E-state index contributed by atoms with van der Waals surface area (Å²) in [5, 5.41) is 14.3. The Balaban J connectivity index is 1.62. The topological polar surface area (TPSA) is 49.3 Å². The Morgan fingerprint density at radius 2 is 1.26 bits per heavy atom. The molecule has 1 amide bonds. The van der Waals surface area contributed by atoms with Crippen LogP contribution in [0.25, 0.3) is 22.3 Å². The molecule has 172 valence electrons. The summed E-state index contributed by atoms with van der Waals surface area (Å²) in [6.45, 7) is 4.21. The van der Waals surface area contributed by atoms with Gasteiger partial charge in [0.15, 0.2) is 0 Å². The summed E-state index contributed by atoms with van der Waals surface area (Å²) in [5.74, 6) is 0.501. The third-order valence-electron chi connectivity index (χ3n) is 5.89. The predicted molar refractivity (Wildman–Crippen MR) is 144 cm³/mol. The Morgan fingerprint density at radius 1 is 0.765 bits per heavy atom. The molecule has 0 atom stereocenters. The number of aryl methyl sites for hydroxylation is 2. The second-order valence-electron chi connectivity index (χ2n) is 8.09. The molecule has 34 heavy (non-hydrogen) atoms. The molecular formula is C30H29NO2S. The molecule has 4 aromatic carbocycles. The molecule has 0 saturated heterocycles. The molecule has 0 aliphatic rings. The number of benzene rings is 4. The fourth-order valence-electron chi connectivity index (χ4n) is 4.09. The summed E-state index contributed by atoms with van der Waals surface area (Å²) in [4.78, 5) is 13.9. The van der Waals surface area contributed by atoms with Gasteiger partial charge in [-0.05, 0) is 47.2 Å². The Hall–Kier alpha value is -3.50. The van der Waals surface area contributed by atoms with E-state index in [0.29, 0.717) is 0 Å². The van der Waals surface area contributed by atoms with Crippen molar-refractivity contribution < 1.29 is 9.90 Å². The number of nitrogens with one attached hydrogen (secondary N) is 1. The van der Waals surface area contributed by atoms with Crippen LogP contribution in [0, 0.1) is 0 Å². The lowest BCUT2D eigenvalue weighted by Crippen LogP contribution is -2.16. The number of aromatic hydroxyl groups is 1. The van der Waals surface area contributed by atoms with Crippen LogP contribution in [-0.2, 0) is 17.6 Å². The fourth-order valence-corrected chi connectivity index (χ4v) is 4.87. The van der Waals surface area contributed by atoms with Crippen molar-refractivity contribution in [3.8, 4) is 28.0 Å². The highest BCUT2D eigenvalue weighted by atomic mass is 32.2. The van der Waals surface area contributed by atoms with E-state index in [1.807, 2.05) is 72.8 Å². The highest BCUT2D eigenvalue weighted by Gasteiger charge is 2.15. The van der Waals surface area contributed by atoms with Crippen molar-refractivity contribution in [2.75, 3.05) is 11.1 Å². The van der Waals surface area contributed by atoms with Gasteiger partial charge in [-0.25, -0.2) is 0 Å². The smallest absolute Gasteiger partial charge is 0.234 e. The largest absolute Gasteiger partial charge is 0.507 e. The van der Waals surface area contributed by atoms with Gasteiger partial charge in [0.05, 0.1) is 5.75 Å². The Bertz CT molecular complexity index is 1190. The molecule has 0 aliphatic heterocycles. The number of thioether (sulfide) groups is 1. The van der Waals surface area contributed by atoms with Gasteiger partial charge in [-0.1, -0.05) is 92.7 Å². The average molecular weight is 468 g/mol. The molecule has 0 unspecified atom stereocenters. The Kier molecular flexibility index (Phi) is 7.71. The van der Waals surface area contributed by atoms with Crippen molar-refractivity contribution in [2.45, 2.75) is 31.6 Å². The van der Waals surface area contributed by atoms with E-state index in [1.54, 1.807) is 0 Å². The minimum absolute atomic E-state index is 0.0313. The number of phenols is 1. The molecular weight excluding hydrogens is 438 g/mol. The SMILES string of the molecule is CCc1cccc(CC)c1NC(=O)CSc1cc(-c2ccccc2)c(O)c(-c2ccccc2)c1. The molecule has 0 aliphatic carbocycles. The van der Waals surface area contributed by atoms with Crippen LogP contribution in [0.5, 0.6) is 5.75 Å². The zero-order valence-corrected chi connectivity index (χ0v) is 20.4. The highest BCUT2D eigenvalue weighted by Crippen LogP contribution is 2.41. The van der Waals surface area contributed by atoms with Crippen molar-refractivity contribution in [3.63, 3.8) is 0 Å². The number of hydrogen-bond acceptors (Lipinski definition) is 3. The number of hydrogen-bond donors (Lipinski definition) is 2. The Morgan fingerprint density at radius 3 is 1.74 bits per heavy atom. The third-order valence-corrected chi connectivity index (χ3v) is 6.86. The maximum absolute atomic E-state index is 12.9. The van der Waals surface area contributed by atoms with Crippen LogP contribution in [0.4, 0.5) is 5.69 Å². The molecule has 0 bridgehead atoms. The van der Waals surface area contributed by atoms with E-state index in [-0.39, 0.29) is 17.4 Å². The molecule has 4 heteroatoms. The number of phenolic OH excluding ortho intramolecular Hbond substituents is 1. The summed E-state index contributed by atoms with van der Waals surface area (Å²) in [7, 11) is 0. The lowest BCUT2D eigenvalue weighted by Gasteiger charge is -2.15. The first kappa shape index (κ1) is 23.7. The van der Waals surface area contributed by atoms with Crippen LogP contribution in [0.2, 0.25) is 0 Å². The van der Waals surface area contributed by atoms with Gasteiger partial charge in [0.2, 0.25) is 5.91 Å². The van der Waals surface area contributed by atoms with E-state index in [1.165, 1.54) is 11.8 Å². The lowest BCUT2D eigenvalue weighted by molar-refractivity contribution is -0.113. The number of para-hydroxylation sites is 1. The van der Waals surface area contributed by atoms with Crippen LogP contribution in [-0.4, -0.2) is 16.8 Å². The van der Waals surface area contributed by atoms with Gasteiger partial charge in [0.1, 0.15) is 5.75 Å². The molecule has 4 rings (SSSR count). The molecule has 0 aromatic heterocycles. The van der Waals surface area contributed by atoms with E-state index in [9.17, 15) is 9.90 Å². The second kappa shape index (κ2) is 11.1. The maximum atomic E-state index is 12.9. The number of carbonyl (C=O) groups is 1. The number of anilines is 1. The van der Waals surface area contributed by atoms with Crippen LogP contribution in [0.15, 0.2) is 95.9 Å². The lowest BCUT2D eigenvalue weighted by atomic mass is 9.97. The van der Waals surface area contributed by atoms with Crippen molar-refractivity contribution in [1.82, 2.24) is 0 Å². The Labute approximate surface area is 205 Å². The minimum Gasteiger partial charge on any atom is -0.507 e. The molecule has 2 N–H and O–H groups in total. The van der Waals surface area contributed by atoms with E-state index in [0.717, 1.165) is 56.8 Å². The van der Waals surface area contributed by atoms with Crippen molar-refractivity contribution >= 4 is 23.4 Å². The van der Waals surface area contributed by atoms with Crippen LogP contribution in [0.3, 0.4) is 0 Å². The second-order valence-corrected chi connectivity index (χ2v) is 9.14. The third kappa shape index (κ3) is 5.35. The molecule has 3 nitrogen and oxygen atoms in total. The first-order valence-electron chi connectivity index (χ1n) is 11.6. The quantitative estimate of drug-likeness (QED) is 0.263. The molecule has 0 heterocycles. The summed E-state index contributed by atoms with van der Waals surface area (Å²) in [5.41, 5.74) is 6.64. The van der Waals surface area contributed by atoms with Crippen LogP contribution in [0.1, 0.15) is 25.0 Å². The van der Waals surface area contributed by atoms with E-state index in [4.69, 9.17) is 0 Å². The van der Waals surface area contributed by atoms with Gasteiger partial charge in [0.25, 0.3) is 0 Å². The first-order chi connectivity index (χ1) is 16.6. The molecule has 0 radical (unpaired) electrons. The summed E-state index contributed by atoms with van der Waals surface area (Å²) < 4.78 is 0. The van der Waals surface area contributed by atoms with E-state index < -0.39 is 0 Å². The zero-order valence-electron chi connectivity index (χ0n) is 19.5. The standard InChI is InChI=1S/C30H29NO2S/c1-3-21-16-11-17-22(4-2)29(21)31-28(32)20-34-25-18-26(23-12-7-5-8-13-23)30(33)27(19-25)24-14-9-6-10-15-24/h5-19,33H,3-4,20H2,1-2H3,(H,31,32). The summed E-state index contributed by atoms with van der Waals surface area (Å²) in [6.07, 6.45) is 1.74. The van der Waals surface area contributed by atoms with Gasteiger partial charge < -0.3 is 10.4 Å². The van der Waals surface area contributed by atoms with Crippen molar-refractivity contribution in [3.05, 3.63) is 102 Å². The monoisotopic (exact) mass is 467 g/mol. The fraction of sp³-hybridized carbons (Fsp3) is 0.167. The summed E-state index contributed by atoms with van der Waals surface area (Å²) in [6, 6.07) is 29.8. The van der Waals surface area contributed by atoms with Gasteiger partial charge in [-0.15, -0.1) is 11.8 Å². The molecule has 0 saturated carbocycles. The number of amides is 1. The van der Waals surface area contributed by atoms with E-state index >= 15 is 0 Å². The van der Waals surface area contributed by atoms with Gasteiger partial charge >= 0.3 is 0 Å². The minimum atomic E-state index is -0.0313. The van der Waals surface area contributed by atoms with Crippen LogP contribution >= 0.6 is 11.8 Å². The first-order valence-corrected chi connectivity index (χ1v) is 12.6. The maximum Gasteiger partial charge on any atom is 0.234 e. The number of rotatable bonds is 8. The van der Waals surface area contributed by atoms with Crippen molar-refractivity contribution in [2.24, 2.45) is 0 Å². The van der Waals surface area contributed by atoms with E-state index in [2.05, 4.69) is 37.4 Å². The van der Waals surface area contributed by atoms with Gasteiger partial charge in [0, 0.05) is 21.7 Å². The number of carbonyl (C=O) groups excluding carboxylic acids is 1. The zero-order chi connectivity index (χ0) is 23.9. The van der Waals surface area contributed by atoms with Crippen LogP contribution < -0.4 is 5.32 Å². The normalized spacial score (nSPS) is 10.8. The molecule has 0 spiro atoms. The molecule has 4 aromatic rings. The van der Waals surface area contributed by atoms with Gasteiger partial charge in [-0.3, -0.25) is 4.79 Å². The van der Waals surface area contributed by atoms with Gasteiger partial charge in [-0.2, -0.15) is 0 Å². The predicted octanol–water partition coefficient (Wildman–Crippen LogP) is 7.58.